The average Bonchev–Trinajstić information content (AvgIpc) is 3.24. The van der Waals surface area contributed by atoms with Gasteiger partial charge in [0.2, 0.25) is 5.91 Å². The van der Waals surface area contributed by atoms with Gasteiger partial charge in [-0.2, -0.15) is 0 Å². The molecule has 2 aromatic heterocycles. The Morgan fingerprint density at radius 1 is 1.25 bits per heavy atom. The predicted molar refractivity (Wildman–Crippen MR) is 92.3 cm³/mol. The Kier molecular flexibility index (Phi) is 5.28. The zero-order valence-corrected chi connectivity index (χ0v) is 13.5. The number of carbonyl (C=O) groups is 1. The van der Waals surface area contributed by atoms with E-state index in [0.717, 1.165) is 24.2 Å². The van der Waals surface area contributed by atoms with Crippen LogP contribution in [0.4, 0.5) is 0 Å². The largest absolute Gasteiger partial charge is 0.395 e. The SMILES string of the molecule is O=C(CCCc1c[nH]c2ccccc12)N(CCO)Cc1ncc[nH]1. The van der Waals surface area contributed by atoms with Gasteiger partial charge in [-0.15, -0.1) is 0 Å². The number of aryl methyl sites for hydroxylation is 1. The number of para-hydroxylation sites is 1. The second kappa shape index (κ2) is 7.79. The lowest BCUT2D eigenvalue weighted by Crippen LogP contribution is -2.33. The quantitative estimate of drug-likeness (QED) is 0.593. The molecule has 0 aliphatic heterocycles. The van der Waals surface area contributed by atoms with Crippen LogP contribution < -0.4 is 0 Å². The van der Waals surface area contributed by atoms with Gasteiger partial charge in [-0.05, 0) is 24.5 Å². The minimum absolute atomic E-state index is 0.0419. The number of amides is 1. The van der Waals surface area contributed by atoms with E-state index < -0.39 is 0 Å². The number of aromatic nitrogens is 3. The second-order valence-electron chi connectivity index (χ2n) is 5.79. The fraction of sp³-hybridized carbons (Fsp3) is 0.333. The van der Waals surface area contributed by atoms with Gasteiger partial charge in [-0.25, -0.2) is 4.98 Å². The van der Waals surface area contributed by atoms with Gasteiger partial charge in [0.05, 0.1) is 13.2 Å². The molecule has 0 fully saturated rings. The van der Waals surface area contributed by atoms with Crippen molar-refractivity contribution in [2.45, 2.75) is 25.8 Å². The predicted octanol–water partition coefficient (Wildman–Crippen LogP) is 2.23. The highest BCUT2D eigenvalue weighted by Crippen LogP contribution is 2.19. The molecule has 3 aromatic rings. The third-order valence-corrected chi connectivity index (χ3v) is 4.13. The van der Waals surface area contributed by atoms with E-state index >= 15 is 0 Å². The Hall–Kier alpha value is -2.60. The summed E-state index contributed by atoms with van der Waals surface area (Å²) in [4.78, 5) is 24.5. The highest BCUT2D eigenvalue weighted by molar-refractivity contribution is 5.83. The first-order valence-electron chi connectivity index (χ1n) is 8.20. The molecule has 0 radical (unpaired) electrons. The van der Waals surface area contributed by atoms with Crippen molar-refractivity contribution in [2.24, 2.45) is 0 Å². The van der Waals surface area contributed by atoms with Crippen molar-refractivity contribution in [1.82, 2.24) is 19.9 Å². The molecule has 6 heteroatoms. The number of nitrogens with one attached hydrogen (secondary N) is 2. The molecule has 0 saturated carbocycles. The number of rotatable bonds is 8. The number of aliphatic hydroxyl groups is 1. The molecule has 0 aliphatic carbocycles. The highest BCUT2D eigenvalue weighted by Gasteiger charge is 2.14. The van der Waals surface area contributed by atoms with Gasteiger partial charge in [0.1, 0.15) is 5.82 Å². The van der Waals surface area contributed by atoms with Gasteiger partial charge >= 0.3 is 0 Å². The molecule has 3 N–H and O–H groups in total. The van der Waals surface area contributed by atoms with Crippen molar-refractivity contribution >= 4 is 16.8 Å². The van der Waals surface area contributed by atoms with Crippen molar-refractivity contribution in [3.05, 3.63) is 54.2 Å². The van der Waals surface area contributed by atoms with E-state index in [0.29, 0.717) is 19.5 Å². The highest BCUT2D eigenvalue weighted by atomic mass is 16.3. The molecule has 0 atom stereocenters. The third-order valence-electron chi connectivity index (χ3n) is 4.13. The maximum absolute atomic E-state index is 12.4. The summed E-state index contributed by atoms with van der Waals surface area (Å²) in [5.74, 6) is 0.772. The van der Waals surface area contributed by atoms with Crippen LogP contribution in [0, 0.1) is 0 Å². The minimum Gasteiger partial charge on any atom is -0.395 e. The van der Waals surface area contributed by atoms with Gasteiger partial charge in [-0.3, -0.25) is 4.79 Å². The topological polar surface area (TPSA) is 85.0 Å². The van der Waals surface area contributed by atoms with Gasteiger partial charge in [0.15, 0.2) is 0 Å². The number of hydrogen-bond acceptors (Lipinski definition) is 3. The third kappa shape index (κ3) is 3.83. The lowest BCUT2D eigenvalue weighted by atomic mass is 10.1. The summed E-state index contributed by atoms with van der Waals surface area (Å²) < 4.78 is 0. The van der Waals surface area contributed by atoms with Crippen LogP contribution in [0.1, 0.15) is 24.2 Å². The van der Waals surface area contributed by atoms with Crippen LogP contribution in [0.25, 0.3) is 10.9 Å². The smallest absolute Gasteiger partial charge is 0.223 e. The second-order valence-corrected chi connectivity index (χ2v) is 5.79. The van der Waals surface area contributed by atoms with Gasteiger partial charge in [0.25, 0.3) is 0 Å². The minimum atomic E-state index is -0.0467. The van der Waals surface area contributed by atoms with Crippen molar-refractivity contribution in [3.63, 3.8) is 0 Å². The number of aliphatic hydroxyl groups excluding tert-OH is 1. The molecule has 0 bridgehead atoms. The number of benzene rings is 1. The molecule has 1 amide bonds. The number of hydrogen-bond donors (Lipinski definition) is 3. The molecule has 1 aromatic carbocycles. The number of carbonyl (C=O) groups excluding carboxylic acids is 1. The van der Waals surface area contributed by atoms with E-state index in [1.165, 1.54) is 10.9 Å². The van der Waals surface area contributed by atoms with Crippen LogP contribution in [0.2, 0.25) is 0 Å². The standard InChI is InChI=1S/C18H22N4O2/c23-11-10-22(13-17-19-8-9-20-17)18(24)7-3-4-14-12-21-16-6-2-1-5-15(14)16/h1-2,5-6,8-9,12,21,23H,3-4,7,10-11,13H2,(H,19,20). The number of H-pyrrole nitrogens is 2. The molecule has 0 saturated heterocycles. The van der Waals surface area contributed by atoms with E-state index in [-0.39, 0.29) is 12.5 Å². The zero-order chi connectivity index (χ0) is 16.8. The first-order chi connectivity index (χ1) is 11.8. The van der Waals surface area contributed by atoms with Gasteiger partial charge in [-0.1, -0.05) is 18.2 Å². The Bertz CT molecular complexity index is 779. The van der Waals surface area contributed by atoms with E-state index in [4.69, 9.17) is 0 Å². The molecule has 126 valence electrons. The summed E-state index contributed by atoms with van der Waals surface area (Å²) in [7, 11) is 0. The number of aromatic amines is 2. The molecule has 0 unspecified atom stereocenters. The molecule has 24 heavy (non-hydrogen) atoms. The summed E-state index contributed by atoms with van der Waals surface area (Å²) in [6, 6.07) is 8.18. The van der Waals surface area contributed by atoms with Crippen LogP contribution in [0.3, 0.4) is 0 Å². The monoisotopic (exact) mass is 326 g/mol. The maximum Gasteiger partial charge on any atom is 0.223 e. The molecule has 3 rings (SSSR count). The number of nitrogens with zero attached hydrogens (tertiary/aromatic N) is 2. The first-order valence-corrected chi connectivity index (χ1v) is 8.20. The molecule has 0 aliphatic rings. The van der Waals surface area contributed by atoms with Crippen molar-refractivity contribution in [3.8, 4) is 0 Å². The van der Waals surface area contributed by atoms with E-state index in [1.807, 2.05) is 18.3 Å². The summed E-state index contributed by atoms with van der Waals surface area (Å²) in [5, 5.41) is 10.4. The van der Waals surface area contributed by atoms with E-state index in [9.17, 15) is 9.90 Å². The maximum atomic E-state index is 12.4. The number of fused-ring (bicyclic) bond motifs is 1. The molecule has 2 heterocycles. The van der Waals surface area contributed by atoms with Crippen LogP contribution in [0.15, 0.2) is 42.9 Å². The zero-order valence-electron chi connectivity index (χ0n) is 13.5. The molecular formula is C18H22N4O2. The molecule has 6 nitrogen and oxygen atoms in total. The lowest BCUT2D eigenvalue weighted by Gasteiger charge is -2.20. The summed E-state index contributed by atoms with van der Waals surface area (Å²) in [5.41, 5.74) is 2.36. The van der Waals surface area contributed by atoms with Gasteiger partial charge < -0.3 is 20.0 Å². The summed E-state index contributed by atoms with van der Waals surface area (Å²) >= 11 is 0. The average molecular weight is 326 g/mol. The van der Waals surface area contributed by atoms with E-state index in [1.54, 1.807) is 17.3 Å². The fourth-order valence-corrected chi connectivity index (χ4v) is 2.90. The fourth-order valence-electron chi connectivity index (χ4n) is 2.90. The van der Waals surface area contributed by atoms with Crippen molar-refractivity contribution in [2.75, 3.05) is 13.2 Å². The van der Waals surface area contributed by atoms with Crippen molar-refractivity contribution in [1.29, 1.82) is 0 Å². The Balaban J connectivity index is 1.55. The number of imidazole rings is 1. The molecule has 0 spiro atoms. The van der Waals surface area contributed by atoms with Crippen LogP contribution in [0.5, 0.6) is 0 Å². The van der Waals surface area contributed by atoms with E-state index in [2.05, 4.69) is 27.1 Å². The first kappa shape index (κ1) is 16.3. The van der Waals surface area contributed by atoms with Crippen LogP contribution in [-0.4, -0.2) is 44.0 Å². The van der Waals surface area contributed by atoms with Crippen molar-refractivity contribution < 1.29 is 9.90 Å². The van der Waals surface area contributed by atoms with Crippen LogP contribution >= 0.6 is 0 Å². The normalized spacial score (nSPS) is 11.0. The molecular weight excluding hydrogens is 304 g/mol. The van der Waals surface area contributed by atoms with Crippen LogP contribution in [-0.2, 0) is 17.8 Å². The lowest BCUT2D eigenvalue weighted by molar-refractivity contribution is -0.132. The Morgan fingerprint density at radius 3 is 2.92 bits per heavy atom. The van der Waals surface area contributed by atoms with Gasteiger partial charge in [0, 0.05) is 42.5 Å². The summed E-state index contributed by atoms with van der Waals surface area (Å²) in [6.45, 7) is 0.682. The Labute approximate surface area is 140 Å². The Morgan fingerprint density at radius 2 is 2.12 bits per heavy atom. The summed E-state index contributed by atoms with van der Waals surface area (Å²) in [6.07, 6.45) is 7.50.